The number of hydrogen-bond donors (Lipinski definition) is 1. The van der Waals surface area contributed by atoms with Gasteiger partial charge in [-0.15, -0.1) is 0 Å². The lowest BCUT2D eigenvalue weighted by molar-refractivity contribution is -0.140. The largest absolute Gasteiger partial charge is 0.355 e. The van der Waals surface area contributed by atoms with E-state index in [0.29, 0.717) is 26.5 Å². The van der Waals surface area contributed by atoms with Crippen LogP contribution in [-0.2, 0) is 26.2 Å². The molecule has 1 N–H and O–H groups in total. The molecule has 1 aliphatic rings. The van der Waals surface area contributed by atoms with Gasteiger partial charge >= 0.3 is 0 Å². The molecule has 1 atom stereocenters. The first-order valence-corrected chi connectivity index (χ1v) is 12.4. The van der Waals surface area contributed by atoms with Crippen LogP contribution < -0.4 is 5.32 Å². The van der Waals surface area contributed by atoms with Gasteiger partial charge in [-0.2, -0.15) is 0 Å². The third-order valence-corrected chi connectivity index (χ3v) is 7.90. The summed E-state index contributed by atoms with van der Waals surface area (Å²) in [6.45, 7) is 3.27. The van der Waals surface area contributed by atoms with Crippen molar-refractivity contribution >= 4 is 50.9 Å². The number of carbonyl (C=O) groups excluding carboxylic acids is 3. The highest BCUT2D eigenvalue weighted by Gasteiger charge is 2.41. The molecule has 1 aliphatic heterocycles. The first-order valence-electron chi connectivity index (χ1n) is 10.3. The Hall–Kier alpha value is -2.62. The van der Waals surface area contributed by atoms with Gasteiger partial charge in [0.25, 0.3) is 15.9 Å². The Morgan fingerprint density at radius 1 is 1.09 bits per heavy atom. The monoisotopic (exact) mass is 511 g/mol. The van der Waals surface area contributed by atoms with Crippen LogP contribution in [0.1, 0.15) is 36.2 Å². The molecule has 176 valence electrons. The molecule has 2 aromatic carbocycles. The molecule has 0 aromatic heterocycles. The Bertz CT molecular complexity index is 1180. The van der Waals surface area contributed by atoms with Gasteiger partial charge in [-0.05, 0) is 38.1 Å². The molecule has 0 fully saturated rings. The van der Waals surface area contributed by atoms with E-state index in [0.717, 1.165) is 0 Å². The minimum absolute atomic E-state index is 0.0590. The molecule has 1 heterocycles. The van der Waals surface area contributed by atoms with E-state index in [2.05, 4.69) is 5.32 Å². The molecule has 2 aromatic rings. The number of halogens is 2. The predicted molar refractivity (Wildman–Crippen MR) is 124 cm³/mol. The van der Waals surface area contributed by atoms with Gasteiger partial charge in [-0.1, -0.05) is 41.4 Å². The highest BCUT2D eigenvalue weighted by Crippen LogP contribution is 2.30. The number of rotatable bonds is 8. The number of nitrogens with zero attached hydrogens (tertiary/aromatic N) is 2. The van der Waals surface area contributed by atoms with Crippen LogP contribution in [0.4, 0.5) is 0 Å². The number of likely N-dealkylation sites (N-methyl/N-ethyl adjacent to an activating group) is 1. The molecule has 8 nitrogen and oxygen atoms in total. The number of carbonyl (C=O) groups is 3. The maximum Gasteiger partial charge on any atom is 0.269 e. The van der Waals surface area contributed by atoms with Crippen molar-refractivity contribution in [3.8, 4) is 0 Å². The molecular weight excluding hydrogens is 489 g/mol. The highest BCUT2D eigenvalue weighted by molar-refractivity contribution is 7.90. The Morgan fingerprint density at radius 3 is 2.33 bits per heavy atom. The highest BCUT2D eigenvalue weighted by atomic mass is 35.5. The fourth-order valence-corrected chi connectivity index (χ4v) is 5.64. The molecule has 33 heavy (non-hydrogen) atoms. The Morgan fingerprint density at radius 2 is 1.73 bits per heavy atom. The van der Waals surface area contributed by atoms with E-state index in [9.17, 15) is 22.8 Å². The molecule has 0 aliphatic carbocycles. The summed E-state index contributed by atoms with van der Waals surface area (Å²) in [6, 6.07) is 9.91. The molecule has 3 amide bonds. The van der Waals surface area contributed by atoms with Gasteiger partial charge in [0, 0.05) is 41.7 Å². The van der Waals surface area contributed by atoms with E-state index >= 15 is 0 Å². The zero-order valence-electron chi connectivity index (χ0n) is 18.0. The maximum absolute atomic E-state index is 13.2. The van der Waals surface area contributed by atoms with Crippen molar-refractivity contribution in [2.24, 2.45) is 0 Å². The number of nitrogens with one attached hydrogen (secondary N) is 1. The topological polar surface area (TPSA) is 104 Å². The molecule has 0 saturated heterocycles. The summed E-state index contributed by atoms with van der Waals surface area (Å²) >= 11 is 12.5. The lowest BCUT2D eigenvalue weighted by Crippen LogP contribution is -2.48. The smallest absolute Gasteiger partial charge is 0.269 e. The van der Waals surface area contributed by atoms with E-state index < -0.39 is 27.9 Å². The summed E-state index contributed by atoms with van der Waals surface area (Å²) in [4.78, 5) is 39.5. The Balaban J connectivity index is 1.83. The molecule has 11 heteroatoms. The lowest BCUT2D eigenvalue weighted by Gasteiger charge is -2.30. The standard InChI is InChI=1S/C22H23Cl2N3O5S/c1-3-25-21(29)14(2)26(13-16-17(23)8-6-9-18(16)24)20(28)11-12-27-22(30)15-7-4-5-10-19(15)33(27,31)32/h4-10,14H,3,11-13H2,1-2H3,(H,25,29)/t14-/m0/s1. The van der Waals surface area contributed by atoms with Crippen LogP contribution in [0.5, 0.6) is 0 Å². The van der Waals surface area contributed by atoms with Gasteiger partial charge in [0.2, 0.25) is 11.8 Å². The average Bonchev–Trinajstić information content (AvgIpc) is 2.97. The van der Waals surface area contributed by atoms with E-state index in [1.807, 2.05) is 0 Å². The van der Waals surface area contributed by atoms with Crippen LogP contribution in [0.25, 0.3) is 0 Å². The van der Waals surface area contributed by atoms with Gasteiger partial charge in [0.15, 0.2) is 0 Å². The second-order valence-electron chi connectivity index (χ2n) is 7.42. The molecular formula is C22H23Cl2N3O5S. The zero-order chi connectivity index (χ0) is 24.3. The van der Waals surface area contributed by atoms with Crippen LogP contribution in [0.3, 0.4) is 0 Å². The molecule has 0 radical (unpaired) electrons. The van der Waals surface area contributed by atoms with Gasteiger partial charge in [-0.25, -0.2) is 12.7 Å². The van der Waals surface area contributed by atoms with Crippen LogP contribution in [-0.4, -0.2) is 54.5 Å². The minimum Gasteiger partial charge on any atom is -0.355 e. The lowest BCUT2D eigenvalue weighted by atomic mass is 10.1. The van der Waals surface area contributed by atoms with Crippen molar-refractivity contribution in [2.45, 2.75) is 37.8 Å². The normalized spacial score (nSPS) is 15.2. The molecule has 0 spiro atoms. The summed E-state index contributed by atoms with van der Waals surface area (Å²) in [5, 5.41) is 3.33. The average molecular weight is 512 g/mol. The maximum atomic E-state index is 13.2. The Labute approximate surface area is 202 Å². The van der Waals surface area contributed by atoms with Crippen molar-refractivity contribution in [3.63, 3.8) is 0 Å². The van der Waals surface area contributed by atoms with Crippen molar-refractivity contribution in [3.05, 3.63) is 63.6 Å². The fourth-order valence-electron chi connectivity index (χ4n) is 3.55. The predicted octanol–water partition coefficient (Wildman–Crippen LogP) is 3.08. The number of sulfonamides is 1. The van der Waals surface area contributed by atoms with Gasteiger partial charge < -0.3 is 10.2 Å². The van der Waals surface area contributed by atoms with Crippen molar-refractivity contribution < 1.29 is 22.8 Å². The number of benzene rings is 2. The summed E-state index contributed by atoms with van der Waals surface area (Å²) in [5.74, 6) is -1.59. The summed E-state index contributed by atoms with van der Waals surface area (Å²) in [6.07, 6.45) is -0.315. The van der Waals surface area contributed by atoms with Crippen molar-refractivity contribution in [1.29, 1.82) is 0 Å². The molecule has 0 bridgehead atoms. The number of hydrogen-bond acceptors (Lipinski definition) is 5. The summed E-state index contributed by atoms with van der Waals surface area (Å²) < 4.78 is 26.2. The quantitative estimate of drug-likeness (QED) is 0.586. The van der Waals surface area contributed by atoms with E-state index in [1.54, 1.807) is 38.1 Å². The van der Waals surface area contributed by atoms with Crippen LogP contribution >= 0.6 is 23.2 Å². The third-order valence-electron chi connectivity index (χ3n) is 5.35. The van der Waals surface area contributed by atoms with E-state index in [-0.39, 0.29) is 35.9 Å². The van der Waals surface area contributed by atoms with Crippen molar-refractivity contribution in [1.82, 2.24) is 14.5 Å². The van der Waals surface area contributed by atoms with E-state index in [1.165, 1.54) is 23.1 Å². The van der Waals surface area contributed by atoms with Crippen LogP contribution in [0, 0.1) is 0 Å². The molecule has 0 saturated carbocycles. The number of amides is 3. The van der Waals surface area contributed by atoms with Crippen LogP contribution in [0.15, 0.2) is 47.4 Å². The SMILES string of the molecule is CCNC(=O)[C@H](C)N(Cc1c(Cl)cccc1Cl)C(=O)CCN1C(=O)c2ccccc2S1(=O)=O. The zero-order valence-corrected chi connectivity index (χ0v) is 20.4. The van der Waals surface area contributed by atoms with Crippen molar-refractivity contribution in [2.75, 3.05) is 13.1 Å². The number of fused-ring (bicyclic) bond motifs is 1. The van der Waals surface area contributed by atoms with E-state index in [4.69, 9.17) is 23.2 Å². The fraction of sp³-hybridized carbons (Fsp3) is 0.318. The second-order valence-corrected chi connectivity index (χ2v) is 10.1. The first-order chi connectivity index (χ1) is 15.6. The second kappa shape index (κ2) is 10.1. The van der Waals surface area contributed by atoms with Crippen LogP contribution in [0.2, 0.25) is 10.0 Å². The molecule has 0 unspecified atom stereocenters. The third kappa shape index (κ3) is 5.00. The summed E-state index contributed by atoms with van der Waals surface area (Å²) in [5.41, 5.74) is 0.531. The molecule has 3 rings (SSSR count). The van der Waals surface area contributed by atoms with Gasteiger partial charge in [-0.3, -0.25) is 14.4 Å². The summed E-state index contributed by atoms with van der Waals surface area (Å²) in [7, 11) is -4.04. The van der Waals surface area contributed by atoms with Gasteiger partial charge in [0.05, 0.1) is 5.56 Å². The van der Waals surface area contributed by atoms with Gasteiger partial charge in [0.1, 0.15) is 10.9 Å². The Kier molecular flexibility index (Phi) is 7.66. The minimum atomic E-state index is -4.04. The first kappa shape index (κ1) is 25.0.